The molecule has 1 aromatic rings. The normalized spacial score (nSPS) is 17.1. The third-order valence-electron chi connectivity index (χ3n) is 2.90. The summed E-state index contributed by atoms with van der Waals surface area (Å²) in [7, 11) is 4.17. The van der Waals surface area contributed by atoms with Crippen molar-refractivity contribution in [3.8, 4) is 0 Å². The average molecular weight is 194 g/mol. The lowest BCUT2D eigenvalue weighted by Crippen LogP contribution is -2.26. The summed E-state index contributed by atoms with van der Waals surface area (Å²) in [6, 6.07) is 0. The van der Waals surface area contributed by atoms with Gasteiger partial charge in [-0.1, -0.05) is 0 Å². The molecule has 14 heavy (non-hydrogen) atoms. The van der Waals surface area contributed by atoms with Gasteiger partial charge in [0.1, 0.15) is 0 Å². The smallest absolute Gasteiger partial charge is 0.0685 e. The third kappa shape index (κ3) is 1.55. The van der Waals surface area contributed by atoms with Gasteiger partial charge in [-0.3, -0.25) is 4.68 Å². The van der Waals surface area contributed by atoms with Crippen molar-refractivity contribution in [2.75, 3.05) is 20.1 Å². The highest BCUT2D eigenvalue weighted by molar-refractivity contribution is 5.28. The topological polar surface area (TPSA) is 47.1 Å². The summed E-state index contributed by atoms with van der Waals surface area (Å²) in [6.07, 6.45) is 2.01. The molecular weight excluding hydrogens is 176 g/mol. The molecule has 4 heteroatoms. The van der Waals surface area contributed by atoms with Crippen LogP contribution in [0.3, 0.4) is 0 Å². The van der Waals surface area contributed by atoms with Gasteiger partial charge < -0.3 is 10.6 Å². The van der Waals surface area contributed by atoms with Gasteiger partial charge in [-0.15, -0.1) is 0 Å². The van der Waals surface area contributed by atoms with Crippen LogP contribution in [-0.4, -0.2) is 34.8 Å². The number of nitrogens with two attached hydrogens (primary N) is 1. The highest BCUT2D eigenvalue weighted by Crippen LogP contribution is 2.20. The average Bonchev–Trinajstić information content (AvgIpc) is 2.45. The molecule has 0 aromatic carbocycles. The Kier molecular flexibility index (Phi) is 2.56. The minimum atomic E-state index is 0.704. The lowest BCUT2D eigenvalue weighted by molar-refractivity contribution is 0.310. The molecule has 1 aliphatic heterocycles. The van der Waals surface area contributed by atoms with Crippen LogP contribution < -0.4 is 5.73 Å². The Balaban J connectivity index is 2.35. The number of hydrogen-bond donors (Lipinski definition) is 1. The highest BCUT2D eigenvalue weighted by atomic mass is 15.3. The van der Waals surface area contributed by atoms with Gasteiger partial charge >= 0.3 is 0 Å². The number of aryl methyl sites for hydroxylation is 1. The van der Waals surface area contributed by atoms with Crippen LogP contribution >= 0.6 is 0 Å². The van der Waals surface area contributed by atoms with Crippen molar-refractivity contribution < 1.29 is 0 Å². The first-order valence-corrected chi connectivity index (χ1v) is 5.14. The van der Waals surface area contributed by atoms with Crippen molar-refractivity contribution in [3.05, 3.63) is 17.0 Å². The predicted molar refractivity (Wildman–Crippen MR) is 56.0 cm³/mol. The Bertz CT molecular complexity index is 329. The first kappa shape index (κ1) is 9.68. The summed E-state index contributed by atoms with van der Waals surface area (Å²) in [5, 5.41) is 4.54. The first-order valence-electron chi connectivity index (χ1n) is 5.14. The Labute approximate surface area is 84.7 Å². The van der Waals surface area contributed by atoms with Crippen molar-refractivity contribution in [2.45, 2.75) is 19.4 Å². The van der Waals surface area contributed by atoms with Gasteiger partial charge in [-0.2, -0.15) is 5.10 Å². The Morgan fingerprint density at radius 3 is 2.93 bits per heavy atom. The van der Waals surface area contributed by atoms with Crippen molar-refractivity contribution in [1.29, 1.82) is 0 Å². The molecule has 0 spiro atoms. The summed E-state index contributed by atoms with van der Waals surface area (Å²) in [6.45, 7) is 2.85. The van der Waals surface area contributed by atoms with E-state index in [1.807, 2.05) is 11.7 Å². The lowest BCUT2D eigenvalue weighted by atomic mass is 10.0. The molecule has 0 radical (unpaired) electrons. The molecule has 78 valence electrons. The maximum atomic E-state index is 5.60. The van der Waals surface area contributed by atoms with E-state index in [0.29, 0.717) is 6.54 Å². The number of fused-ring (bicyclic) bond motifs is 1. The largest absolute Gasteiger partial charge is 0.330 e. The molecule has 0 unspecified atom stereocenters. The highest BCUT2D eigenvalue weighted by Gasteiger charge is 2.20. The molecule has 1 aliphatic rings. The molecule has 0 atom stereocenters. The zero-order valence-corrected chi connectivity index (χ0v) is 8.95. The Hall–Kier alpha value is -0.870. The fourth-order valence-corrected chi connectivity index (χ4v) is 2.14. The summed E-state index contributed by atoms with van der Waals surface area (Å²) < 4.78 is 2.00. The number of aromatic nitrogens is 2. The second kappa shape index (κ2) is 3.71. The summed E-state index contributed by atoms with van der Waals surface area (Å²) in [5.41, 5.74) is 9.60. The zero-order valence-electron chi connectivity index (χ0n) is 8.95. The van der Waals surface area contributed by atoms with Gasteiger partial charge in [0.15, 0.2) is 0 Å². The second-order valence-electron chi connectivity index (χ2n) is 4.02. The van der Waals surface area contributed by atoms with Crippen LogP contribution in [0.15, 0.2) is 0 Å². The van der Waals surface area contributed by atoms with Gasteiger partial charge in [0.25, 0.3) is 0 Å². The van der Waals surface area contributed by atoms with E-state index in [1.54, 1.807) is 0 Å². The molecule has 4 nitrogen and oxygen atoms in total. The van der Waals surface area contributed by atoms with Crippen LogP contribution in [0.4, 0.5) is 0 Å². The van der Waals surface area contributed by atoms with Crippen LogP contribution in [-0.2, 0) is 26.4 Å². The minimum absolute atomic E-state index is 0.704. The van der Waals surface area contributed by atoms with Crippen molar-refractivity contribution >= 4 is 0 Å². The van der Waals surface area contributed by atoms with E-state index in [0.717, 1.165) is 25.9 Å². The molecule has 0 bridgehead atoms. The molecule has 0 amide bonds. The minimum Gasteiger partial charge on any atom is -0.330 e. The van der Waals surface area contributed by atoms with Gasteiger partial charge in [0.2, 0.25) is 0 Å². The van der Waals surface area contributed by atoms with Crippen LogP contribution in [0.5, 0.6) is 0 Å². The van der Waals surface area contributed by atoms with E-state index in [4.69, 9.17) is 5.73 Å². The van der Waals surface area contributed by atoms with E-state index < -0.39 is 0 Å². The second-order valence-corrected chi connectivity index (χ2v) is 4.02. The van der Waals surface area contributed by atoms with E-state index in [9.17, 15) is 0 Å². The molecule has 2 N–H and O–H groups in total. The molecule has 0 fully saturated rings. The summed E-state index contributed by atoms with van der Waals surface area (Å²) in [5.74, 6) is 0. The van der Waals surface area contributed by atoms with Crippen LogP contribution in [0, 0.1) is 0 Å². The lowest BCUT2D eigenvalue weighted by Gasteiger charge is -2.22. The van der Waals surface area contributed by atoms with Crippen molar-refractivity contribution in [1.82, 2.24) is 14.7 Å². The number of rotatable bonds is 2. The maximum absolute atomic E-state index is 5.60. The van der Waals surface area contributed by atoms with Crippen molar-refractivity contribution in [3.63, 3.8) is 0 Å². The van der Waals surface area contributed by atoms with Gasteiger partial charge in [0, 0.05) is 44.2 Å². The molecule has 1 aromatic heterocycles. The predicted octanol–water partition coefficient (Wildman–Crippen LogP) is -0.0908. The summed E-state index contributed by atoms with van der Waals surface area (Å²) >= 11 is 0. The van der Waals surface area contributed by atoms with Crippen molar-refractivity contribution in [2.24, 2.45) is 12.8 Å². The van der Waals surface area contributed by atoms with E-state index >= 15 is 0 Å². The van der Waals surface area contributed by atoms with Crippen LogP contribution in [0.1, 0.15) is 17.0 Å². The number of hydrogen-bond acceptors (Lipinski definition) is 3. The van der Waals surface area contributed by atoms with Crippen LogP contribution in [0.25, 0.3) is 0 Å². The molecule has 0 aliphatic carbocycles. The fourth-order valence-electron chi connectivity index (χ4n) is 2.14. The van der Waals surface area contributed by atoms with Gasteiger partial charge in [-0.05, 0) is 13.6 Å². The molecule has 0 saturated heterocycles. The summed E-state index contributed by atoms with van der Waals surface area (Å²) in [4.78, 5) is 2.34. The number of nitrogens with zero attached hydrogens (tertiary/aromatic N) is 3. The van der Waals surface area contributed by atoms with Gasteiger partial charge in [0.05, 0.1) is 5.69 Å². The van der Waals surface area contributed by atoms with Crippen LogP contribution in [0.2, 0.25) is 0 Å². The fraction of sp³-hybridized carbons (Fsp3) is 0.700. The Morgan fingerprint density at radius 2 is 2.21 bits per heavy atom. The molecule has 2 heterocycles. The standard InChI is InChI=1S/C10H18N4/c1-13-6-4-9-8(7-13)10(3-5-11)14(2)12-9/h3-7,11H2,1-2H3. The third-order valence-corrected chi connectivity index (χ3v) is 2.90. The number of likely N-dealkylation sites (N-methyl/N-ethyl adjacent to an activating group) is 1. The van der Waals surface area contributed by atoms with Gasteiger partial charge in [-0.25, -0.2) is 0 Å². The first-order chi connectivity index (χ1) is 6.72. The maximum Gasteiger partial charge on any atom is 0.0685 e. The quantitative estimate of drug-likeness (QED) is 0.715. The Morgan fingerprint density at radius 1 is 1.43 bits per heavy atom. The van der Waals surface area contributed by atoms with E-state index in [2.05, 4.69) is 17.0 Å². The van der Waals surface area contributed by atoms with E-state index in [-0.39, 0.29) is 0 Å². The monoisotopic (exact) mass is 194 g/mol. The molecule has 0 saturated carbocycles. The molecule has 2 rings (SSSR count). The zero-order chi connectivity index (χ0) is 10.1. The SMILES string of the molecule is CN1CCc2nn(C)c(CCN)c2C1. The van der Waals surface area contributed by atoms with E-state index in [1.165, 1.54) is 17.0 Å². The molecular formula is C10H18N4.